The zero-order valence-corrected chi connectivity index (χ0v) is 6.15. The van der Waals surface area contributed by atoms with Crippen molar-refractivity contribution in [2.24, 2.45) is 0 Å². The number of rotatable bonds is 1. The number of nitrogens with zero attached hydrogens (tertiary/aromatic N) is 1. The van der Waals surface area contributed by atoms with Gasteiger partial charge in [0.1, 0.15) is 5.70 Å². The molecule has 0 aromatic heterocycles. The molecule has 6 heteroatoms. The summed E-state index contributed by atoms with van der Waals surface area (Å²) >= 11 is 0. The Labute approximate surface area is 68.1 Å². The van der Waals surface area contributed by atoms with Crippen LogP contribution in [-0.4, -0.2) is 40.4 Å². The molecule has 1 amide bonds. The Morgan fingerprint density at radius 1 is 1.50 bits per heavy atom. The fourth-order valence-electron chi connectivity index (χ4n) is 0.914. The van der Waals surface area contributed by atoms with Crippen LogP contribution in [0.25, 0.3) is 0 Å². The molecule has 0 unspecified atom stereocenters. The van der Waals surface area contributed by atoms with Gasteiger partial charge in [-0.25, -0.2) is 9.59 Å². The third-order valence-corrected chi connectivity index (χ3v) is 1.45. The predicted octanol–water partition coefficient (Wildman–Crippen LogP) is -0.504. The summed E-state index contributed by atoms with van der Waals surface area (Å²) in [6.07, 6.45) is 0.0517. The Bertz CT molecular complexity index is 248. The molecular weight excluding hydrogens is 164 g/mol. The molecule has 1 heterocycles. The van der Waals surface area contributed by atoms with Crippen molar-refractivity contribution in [3.8, 4) is 0 Å². The summed E-state index contributed by atoms with van der Waals surface area (Å²) in [6, 6.07) is 0. The van der Waals surface area contributed by atoms with Gasteiger partial charge in [-0.3, -0.25) is 10.2 Å². The van der Waals surface area contributed by atoms with E-state index in [4.69, 9.17) is 10.2 Å². The Hall–Kier alpha value is -1.56. The van der Waals surface area contributed by atoms with E-state index < -0.39 is 12.1 Å². The molecule has 3 N–H and O–H groups in total. The van der Waals surface area contributed by atoms with Crippen molar-refractivity contribution in [3.63, 3.8) is 0 Å². The van der Waals surface area contributed by atoms with E-state index in [0.29, 0.717) is 6.54 Å². The van der Waals surface area contributed by atoms with Gasteiger partial charge in [-0.1, -0.05) is 0 Å². The van der Waals surface area contributed by atoms with Crippen LogP contribution in [0.1, 0.15) is 0 Å². The summed E-state index contributed by atoms with van der Waals surface area (Å²) in [5.41, 5.74) is -0.193. The predicted molar refractivity (Wildman–Crippen MR) is 38.5 cm³/mol. The first-order valence-electron chi connectivity index (χ1n) is 3.27. The van der Waals surface area contributed by atoms with Crippen LogP contribution in [0.15, 0.2) is 11.8 Å². The van der Waals surface area contributed by atoms with E-state index >= 15 is 0 Å². The molecule has 66 valence electrons. The summed E-state index contributed by atoms with van der Waals surface area (Å²) < 4.78 is 0. The minimum absolute atomic E-state index is 0.0213. The highest BCUT2D eigenvalue weighted by molar-refractivity contribution is 5.90. The van der Waals surface area contributed by atoms with Crippen molar-refractivity contribution >= 4 is 12.1 Å². The standard InChI is InChI=1S/C6H8N2O4/c9-5(10)4-1-2-7-3-8(4)6(11)12/h1,7H,2-3H2,(H,9,10)(H,11,12). The molecule has 0 aromatic carbocycles. The van der Waals surface area contributed by atoms with Crippen molar-refractivity contribution in [2.75, 3.05) is 13.2 Å². The highest BCUT2D eigenvalue weighted by Crippen LogP contribution is 2.06. The van der Waals surface area contributed by atoms with Gasteiger partial charge in [0, 0.05) is 6.54 Å². The maximum absolute atomic E-state index is 10.5. The summed E-state index contributed by atoms with van der Waals surface area (Å²) in [7, 11) is 0. The number of hydrogen-bond donors (Lipinski definition) is 3. The van der Waals surface area contributed by atoms with Gasteiger partial charge in [-0.15, -0.1) is 0 Å². The fraction of sp³-hybridized carbons (Fsp3) is 0.333. The molecule has 0 spiro atoms. The number of hydrogen-bond acceptors (Lipinski definition) is 3. The largest absolute Gasteiger partial charge is 0.477 e. The zero-order valence-electron chi connectivity index (χ0n) is 6.15. The average Bonchev–Trinajstić information content (AvgIpc) is 2.04. The minimum atomic E-state index is -1.27. The number of carboxylic acids is 1. The van der Waals surface area contributed by atoms with Gasteiger partial charge in [0.15, 0.2) is 0 Å². The Kier molecular flexibility index (Phi) is 2.29. The van der Waals surface area contributed by atoms with Gasteiger partial charge in [-0.05, 0) is 6.08 Å². The summed E-state index contributed by atoms with van der Waals surface area (Å²) in [4.78, 5) is 21.7. The number of nitrogens with one attached hydrogen (secondary N) is 1. The van der Waals surface area contributed by atoms with Gasteiger partial charge in [0.25, 0.3) is 0 Å². The molecular formula is C6H8N2O4. The quantitative estimate of drug-likeness (QED) is 0.496. The Balaban J connectivity index is 2.85. The van der Waals surface area contributed by atoms with Crippen LogP contribution in [-0.2, 0) is 4.79 Å². The lowest BCUT2D eigenvalue weighted by Crippen LogP contribution is -2.43. The van der Waals surface area contributed by atoms with E-state index in [9.17, 15) is 9.59 Å². The summed E-state index contributed by atoms with van der Waals surface area (Å²) in [5.74, 6) is -1.22. The molecule has 12 heavy (non-hydrogen) atoms. The van der Waals surface area contributed by atoms with Crippen molar-refractivity contribution in [1.82, 2.24) is 10.2 Å². The van der Waals surface area contributed by atoms with E-state index in [2.05, 4.69) is 5.32 Å². The molecule has 1 aliphatic heterocycles. The first-order valence-corrected chi connectivity index (χ1v) is 3.27. The second-order valence-corrected chi connectivity index (χ2v) is 2.22. The van der Waals surface area contributed by atoms with Gasteiger partial charge in [0.05, 0.1) is 6.67 Å². The van der Waals surface area contributed by atoms with Gasteiger partial charge in [0.2, 0.25) is 0 Å². The van der Waals surface area contributed by atoms with Crippen molar-refractivity contribution in [3.05, 3.63) is 11.8 Å². The molecule has 0 atom stereocenters. The fourth-order valence-corrected chi connectivity index (χ4v) is 0.914. The topological polar surface area (TPSA) is 89.9 Å². The molecule has 0 radical (unpaired) electrons. The number of carbonyl (C=O) groups is 2. The molecule has 0 saturated carbocycles. The van der Waals surface area contributed by atoms with E-state index in [1.807, 2.05) is 0 Å². The maximum atomic E-state index is 10.5. The molecule has 0 bridgehead atoms. The molecule has 0 aromatic rings. The Morgan fingerprint density at radius 3 is 2.58 bits per heavy atom. The van der Waals surface area contributed by atoms with Crippen LogP contribution in [0.4, 0.5) is 4.79 Å². The number of carboxylic acid groups (broad SMARTS) is 2. The monoisotopic (exact) mass is 172 g/mol. The first-order chi connectivity index (χ1) is 5.63. The van der Waals surface area contributed by atoms with Crippen LogP contribution < -0.4 is 5.32 Å². The van der Waals surface area contributed by atoms with Gasteiger partial charge in [-0.2, -0.15) is 0 Å². The molecule has 0 fully saturated rings. The summed E-state index contributed by atoms with van der Waals surface area (Å²) in [5, 5.41) is 19.8. The third-order valence-electron chi connectivity index (χ3n) is 1.45. The van der Waals surface area contributed by atoms with Gasteiger partial charge >= 0.3 is 12.1 Å². The van der Waals surface area contributed by atoms with Crippen molar-refractivity contribution in [2.45, 2.75) is 0 Å². The van der Waals surface area contributed by atoms with Crippen LogP contribution in [0.5, 0.6) is 0 Å². The van der Waals surface area contributed by atoms with Crippen LogP contribution >= 0.6 is 0 Å². The van der Waals surface area contributed by atoms with Gasteiger partial charge < -0.3 is 10.2 Å². The van der Waals surface area contributed by atoms with Crippen LogP contribution in [0.2, 0.25) is 0 Å². The minimum Gasteiger partial charge on any atom is -0.477 e. The second-order valence-electron chi connectivity index (χ2n) is 2.22. The molecule has 6 nitrogen and oxygen atoms in total. The number of amides is 1. The summed E-state index contributed by atoms with van der Waals surface area (Å²) in [6.45, 7) is 0.402. The average molecular weight is 172 g/mol. The lowest BCUT2D eigenvalue weighted by atomic mass is 10.3. The van der Waals surface area contributed by atoms with E-state index in [1.54, 1.807) is 0 Å². The van der Waals surface area contributed by atoms with E-state index in [-0.39, 0.29) is 12.4 Å². The molecule has 0 aliphatic carbocycles. The van der Waals surface area contributed by atoms with E-state index in [1.165, 1.54) is 6.08 Å². The third kappa shape index (κ3) is 1.54. The Morgan fingerprint density at radius 2 is 2.17 bits per heavy atom. The lowest BCUT2D eigenvalue weighted by molar-refractivity contribution is -0.134. The molecule has 0 saturated heterocycles. The highest BCUT2D eigenvalue weighted by atomic mass is 16.4. The second kappa shape index (κ2) is 3.22. The van der Waals surface area contributed by atoms with Crippen molar-refractivity contribution in [1.29, 1.82) is 0 Å². The van der Waals surface area contributed by atoms with E-state index in [0.717, 1.165) is 4.90 Å². The molecule has 1 rings (SSSR count). The van der Waals surface area contributed by atoms with Crippen LogP contribution in [0.3, 0.4) is 0 Å². The smallest absolute Gasteiger partial charge is 0.413 e. The maximum Gasteiger partial charge on any atom is 0.413 e. The van der Waals surface area contributed by atoms with Crippen LogP contribution in [0, 0.1) is 0 Å². The lowest BCUT2D eigenvalue weighted by Gasteiger charge is -2.23. The number of aliphatic carboxylic acids is 1. The molecule has 1 aliphatic rings. The SMILES string of the molecule is O=C(O)C1=CCNCN1C(=O)O. The zero-order chi connectivity index (χ0) is 9.14. The normalized spacial score (nSPS) is 17.0. The first kappa shape index (κ1) is 8.54. The van der Waals surface area contributed by atoms with Crippen molar-refractivity contribution < 1.29 is 19.8 Å². The highest BCUT2D eigenvalue weighted by Gasteiger charge is 2.24.